The maximum absolute atomic E-state index is 5.67. The van der Waals surface area contributed by atoms with Crippen LogP contribution in [0.5, 0.6) is 0 Å². The zero-order valence-electron chi connectivity index (χ0n) is 10.7. The number of alkyl halides is 1. The first-order chi connectivity index (χ1) is 7.47. The van der Waals surface area contributed by atoms with Crippen LogP contribution in [0.25, 0.3) is 0 Å². The topological polar surface area (TPSA) is 12.0 Å². The molecule has 1 nitrogen and oxygen atoms in total. The first-order valence-corrected chi connectivity index (χ1v) is 6.35. The molecular weight excluding hydrogens is 218 g/mol. The van der Waals surface area contributed by atoms with E-state index in [2.05, 4.69) is 51.2 Å². The Morgan fingerprint density at radius 3 is 2.56 bits per heavy atom. The van der Waals surface area contributed by atoms with E-state index >= 15 is 0 Å². The molecule has 1 rings (SSSR count). The minimum Gasteiger partial charge on any atom is -0.315 e. The Labute approximate surface area is 104 Å². The van der Waals surface area contributed by atoms with Crippen molar-refractivity contribution in [3.05, 3.63) is 34.9 Å². The van der Waals surface area contributed by atoms with Gasteiger partial charge in [-0.25, -0.2) is 0 Å². The second-order valence-electron chi connectivity index (χ2n) is 5.07. The van der Waals surface area contributed by atoms with Crippen LogP contribution in [0.15, 0.2) is 18.2 Å². The smallest absolute Gasteiger partial charge is 0.0348 e. The molecule has 0 saturated heterocycles. The second-order valence-corrected chi connectivity index (χ2v) is 5.45. The van der Waals surface area contributed by atoms with E-state index in [1.165, 1.54) is 16.7 Å². The van der Waals surface area contributed by atoms with Crippen LogP contribution < -0.4 is 5.32 Å². The lowest BCUT2D eigenvalue weighted by Gasteiger charge is -2.28. The highest BCUT2D eigenvalue weighted by Crippen LogP contribution is 2.26. The first kappa shape index (κ1) is 13.5. The Morgan fingerprint density at radius 2 is 1.94 bits per heavy atom. The van der Waals surface area contributed by atoms with Crippen LogP contribution in [0.3, 0.4) is 0 Å². The number of aryl methyl sites for hydroxylation is 2. The summed E-state index contributed by atoms with van der Waals surface area (Å²) >= 11 is 5.67. The van der Waals surface area contributed by atoms with Crippen molar-refractivity contribution in [2.24, 2.45) is 0 Å². The van der Waals surface area contributed by atoms with Crippen molar-refractivity contribution in [2.45, 2.75) is 33.1 Å². The van der Waals surface area contributed by atoms with Crippen molar-refractivity contribution < 1.29 is 0 Å². The van der Waals surface area contributed by atoms with E-state index in [1.807, 2.05) is 0 Å². The number of hydrogen-bond donors (Lipinski definition) is 1. The molecule has 0 fully saturated rings. The third-order valence-corrected chi connectivity index (χ3v) is 3.15. The quantitative estimate of drug-likeness (QED) is 0.614. The highest BCUT2D eigenvalue weighted by molar-refractivity contribution is 6.18. The molecule has 1 aromatic carbocycles. The summed E-state index contributed by atoms with van der Waals surface area (Å²) in [5.41, 5.74) is 4.27. The van der Waals surface area contributed by atoms with Crippen LogP contribution in [0.2, 0.25) is 0 Å². The summed E-state index contributed by atoms with van der Waals surface area (Å²) < 4.78 is 0. The van der Waals surface area contributed by atoms with Gasteiger partial charge in [-0.05, 0) is 25.0 Å². The van der Waals surface area contributed by atoms with Crippen molar-refractivity contribution in [1.82, 2.24) is 5.32 Å². The molecule has 0 heterocycles. The second kappa shape index (κ2) is 5.70. The fourth-order valence-electron chi connectivity index (χ4n) is 2.03. The highest BCUT2D eigenvalue weighted by Gasteiger charge is 2.21. The highest BCUT2D eigenvalue weighted by atomic mass is 35.5. The minimum atomic E-state index is 0.155. The Hall–Kier alpha value is -0.530. The fraction of sp³-hybridized carbons (Fsp3) is 0.571. The summed E-state index contributed by atoms with van der Waals surface area (Å²) in [5.74, 6) is 0.670. The molecule has 0 aromatic heterocycles. The molecule has 0 atom stereocenters. The van der Waals surface area contributed by atoms with Gasteiger partial charge in [0, 0.05) is 24.4 Å². The molecule has 0 aliphatic heterocycles. The van der Waals surface area contributed by atoms with Crippen LogP contribution in [0, 0.1) is 13.8 Å². The maximum atomic E-state index is 5.67. The fourth-order valence-corrected chi connectivity index (χ4v) is 2.16. The zero-order valence-corrected chi connectivity index (χ0v) is 11.5. The predicted octanol–water partition coefficient (Wildman–Crippen LogP) is 3.41. The molecule has 2 heteroatoms. The molecule has 1 aromatic rings. The summed E-state index contributed by atoms with van der Waals surface area (Å²) in [4.78, 5) is 0. The average molecular weight is 240 g/mol. The van der Waals surface area contributed by atoms with Crippen LogP contribution in [0.4, 0.5) is 0 Å². The lowest BCUT2D eigenvalue weighted by molar-refractivity contribution is 0.476. The molecule has 0 unspecified atom stereocenters. The number of halogens is 1. The van der Waals surface area contributed by atoms with Crippen LogP contribution in [-0.2, 0) is 5.41 Å². The van der Waals surface area contributed by atoms with E-state index in [4.69, 9.17) is 11.6 Å². The lowest BCUT2D eigenvalue weighted by Crippen LogP contribution is -2.34. The van der Waals surface area contributed by atoms with Gasteiger partial charge in [-0.2, -0.15) is 0 Å². The third kappa shape index (κ3) is 3.50. The van der Waals surface area contributed by atoms with Gasteiger partial charge < -0.3 is 5.32 Å². The average Bonchev–Trinajstić information content (AvgIpc) is 2.22. The van der Waals surface area contributed by atoms with Gasteiger partial charge in [0.05, 0.1) is 0 Å². The zero-order chi connectivity index (χ0) is 12.2. The van der Waals surface area contributed by atoms with Crippen molar-refractivity contribution >= 4 is 11.6 Å². The summed E-state index contributed by atoms with van der Waals surface area (Å²) in [6, 6.07) is 6.66. The Morgan fingerprint density at radius 1 is 1.25 bits per heavy atom. The van der Waals surface area contributed by atoms with Gasteiger partial charge in [0.15, 0.2) is 0 Å². The van der Waals surface area contributed by atoms with Gasteiger partial charge in [0.25, 0.3) is 0 Å². The van der Waals surface area contributed by atoms with Crippen LogP contribution in [-0.4, -0.2) is 19.0 Å². The van der Waals surface area contributed by atoms with E-state index in [0.717, 1.165) is 13.1 Å². The van der Waals surface area contributed by atoms with Crippen molar-refractivity contribution in [3.8, 4) is 0 Å². The first-order valence-electron chi connectivity index (χ1n) is 5.82. The van der Waals surface area contributed by atoms with Gasteiger partial charge in [-0.3, -0.25) is 0 Å². The summed E-state index contributed by atoms with van der Waals surface area (Å²) in [7, 11) is 0. The van der Waals surface area contributed by atoms with E-state index in [-0.39, 0.29) is 5.41 Å². The van der Waals surface area contributed by atoms with Gasteiger partial charge in [0.1, 0.15) is 0 Å². The SMILES string of the molecule is Cc1ccc(C)c(C(C)(C)CNCCCl)c1. The molecule has 0 aliphatic rings. The van der Waals surface area contributed by atoms with Crippen LogP contribution in [0.1, 0.15) is 30.5 Å². The molecule has 90 valence electrons. The van der Waals surface area contributed by atoms with E-state index in [0.29, 0.717) is 5.88 Å². The van der Waals surface area contributed by atoms with E-state index in [9.17, 15) is 0 Å². The van der Waals surface area contributed by atoms with E-state index < -0.39 is 0 Å². The molecule has 16 heavy (non-hydrogen) atoms. The normalized spacial score (nSPS) is 11.8. The van der Waals surface area contributed by atoms with Gasteiger partial charge >= 0.3 is 0 Å². The molecule has 0 radical (unpaired) electrons. The Balaban J connectivity index is 2.83. The number of hydrogen-bond acceptors (Lipinski definition) is 1. The van der Waals surface area contributed by atoms with Crippen molar-refractivity contribution in [1.29, 1.82) is 0 Å². The third-order valence-electron chi connectivity index (χ3n) is 2.96. The molecule has 0 aliphatic carbocycles. The predicted molar refractivity (Wildman–Crippen MR) is 72.5 cm³/mol. The van der Waals surface area contributed by atoms with Crippen LogP contribution >= 0.6 is 11.6 Å². The monoisotopic (exact) mass is 239 g/mol. The Kier molecular flexibility index (Phi) is 4.82. The van der Waals surface area contributed by atoms with Gasteiger partial charge in [-0.15, -0.1) is 11.6 Å². The van der Waals surface area contributed by atoms with Gasteiger partial charge in [0.2, 0.25) is 0 Å². The molecular formula is C14H22ClN. The van der Waals surface area contributed by atoms with Crippen molar-refractivity contribution in [3.63, 3.8) is 0 Å². The van der Waals surface area contributed by atoms with E-state index in [1.54, 1.807) is 0 Å². The molecule has 0 saturated carbocycles. The number of benzene rings is 1. The minimum absolute atomic E-state index is 0.155. The summed E-state index contributed by atoms with van der Waals surface area (Å²) in [5, 5.41) is 3.39. The summed E-state index contributed by atoms with van der Waals surface area (Å²) in [6.45, 7) is 10.7. The lowest BCUT2D eigenvalue weighted by atomic mass is 9.81. The molecule has 0 spiro atoms. The summed E-state index contributed by atoms with van der Waals surface area (Å²) in [6.07, 6.45) is 0. The standard InChI is InChI=1S/C14H22ClN/c1-11-5-6-12(2)13(9-11)14(3,4)10-16-8-7-15/h5-6,9,16H,7-8,10H2,1-4H3. The molecule has 1 N–H and O–H groups in total. The molecule has 0 amide bonds. The van der Waals surface area contributed by atoms with Gasteiger partial charge in [-0.1, -0.05) is 37.6 Å². The number of nitrogens with one attached hydrogen (secondary N) is 1. The maximum Gasteiger partial charge on any atom is 0.0348 e. The number of rotatable bonds is 5. The van der Waals surface area contributed by atoms with Crippen molar-refractivity contribution in [2.75, 3.05) is 19.0 Å². The molecule has 0 bridgehead atoms. The Bertz CT molecular complexity index is 345. The largest absolute Gasteiger partial charge is 0.315 e.